The third-order valence-corrected chi connectivity index (χ3v) is 5.91. The molecule has 112 valence electrons. The molecule has 1 aliphatic heterocycles. The number of hydrogen-bond acceptors (Lipinski definition) is 3. The van der Waals surface area contributed by atoms with E-state index in [1.54, 1.807) is 0 Å². The molecule has 0 radical (unpaired) electrons. The summed E-state index contributed by atoms with van der Waals surface area (Å²) in [7, 11) is -3.10. The molecule has 1 saturated carbocycles. The first kappa shape index (κ1) is 15.3. The minimum Gasteiger partial charge on any atom is -0.316 e. The Kier molecular flexibility index (Phi) is 6.10. The van der Waals surface area contributed by atoms with E-state index in [4.69, 9.17) is 0 Å². The van der Waals surface area contributed by atoms with Crippen molar-refractivity contribution in [3.8, 4) is 0 Å². The highest BCUT2D eigenvalue weighted by molar-refractivity contribution is 7.89. The molecular formula is C14H28N2O2S. The molecule has 1 heterocycles. The summed E-state index contributed by atoms with van der Waals surface area (Å²) in [5, 5.41) is 3.29. The zero-order valence-electron chi connectivity index (χ0n) is 11.9. The molecular weight excluding hydrogens is 260 g/mol. The molecule has 1 aliphatic carbocycles. The van der Waals surface area contributed by atoms with Gasteiger partial charge in [0.25, 0.3) is 0 Å². The highest BCUT2D eigenvalue weighted by Gasteiger charge is 2.24. The molecule has 0 bridgehead atoms. The van der Waals surface area contributed by atoms with Crippen molar-refractivity contribution in [2.75, 3.05) is 18.8 Å². The van der Waals surface area contributed by atoms with Crippen molar-refractivity contribution in [3.05, 3.63) is 0 Å². The number of sulfonamides is 1. The zero-order chi connectivity index (χ0) is 13.6. The molecule has 0 aromatic heterocycles. The van der Waals surface area contributed by atoms with Crippen molar-refractivity contribution >= 4 is 10.0 Å². The van der Waals surface area contributed by atoms with Gasteiger partial charge in [-0.2, -0.15) is 0 Å². The molecule has 19 heavy (non-hydrogen) atoms. The molecule has 0 aromatic carbocycles. The normalized spacial score (nSPS) is 27.7. The molecule has 1 atom stereocenters. The third-order valence-electron chi connectivity index (χ3n) is 4.31. The summed E-state index contributed by atoms with van der Waals surface area (Å²) < 4.78 is 27.4. The predicted molar refractivity (Wildman–Crippen MR) is 78.6 cm³/mol. The molecule has 4 nitrogen and oxygen atoms in total. The monoisotopic (exact) mass is 288 g/mol. The summed E-state index contributed by atoms with van der Waals surface area (Å²) in [4.78, 5) is 0. The van der Waals surface area contributed by atoms with Gasteiger partial charge in [-0.15, -0.1) is 0 Å². The third kappa shape index (κ3) is 5.79. The van der Waals surface area contributed by atoms with E-state index in [0.717, 1.165) is 51.6 Å². The average molecular weight is 288 g/mol. The molecule has 0 amide bonds. The van der Waals surface area contributed by atoms with E-state index in [0.29, 0.717) is 11.7 Å². The SMILES string of the molecule is O=S(=O)(CC1CCCNC1)NC1CCCCCCC1. The first-order chi connectivity index (χ1) is 9.16. The van der Waals surface area contributed by atoms with Crippen LogP contribution in [0, 0.1) is 5.92 Å². The van der Waals surface area contributed by atoms with Crippen LogP contribution in [-0.2, 0) is 10.0 Å². The lowest BCUT2D eigenvalue weighted by Crippen LogP contribution is -2.41. The van der Waals surface area contributed by atoms with Crippen LogP contribution in [0.25, 0.3) is 0 Å². The van der Waals surface area contributed by atoms with Gasteiger partial charge in [0.1, 0.15) is 0 Å². The zero-order valence-corrected chi connectivity index (χ0v) is 12.7. The van der Waals surface area contributed by atoms with Crippen LogP contribution in [-0.4, -0.2) is 33.3 Å². The summed E-state index contributed by atoms with van der Waals surface area (Å²) in [6.45, 7) is 1.89. The van der Waals surface area contributed by atoms with Gasteiger partial charge in [-0.3, -0.25) is 0 Å². The first-order valence-corrected chi connectivity index (χ1v) is 9.52. The number of piperidine rings is 1. The number of rotatable bonds is 4. The number of hydrogen-bond donors (Lipinski definition) is 2. The van der Waals surface area contributed by atoms with Crippen molar-refractivity contribution in [1.82, 2.24) is 10.0 Å². The maximum absolute atomic E-state index is 12.2. The summed E-state index contributed by atoms with van der Waals surface area (Å²) in [6.07, 6.45) is 10.3. The van der Waals surface area contributed by atoms with Crippen LogP contribution in [0.3, 0.4) is 0 Å². The second-order valence-electron chi connectivity index (χ2n) is 6.15. The fourth-order valence-electron chi connectivity index (χ4n) is 3.25. The van der Waals surface area contributed by atoms with Gasteiger partial charge in [-0.1, -0.05) is 32.1 Å². The molecule has 2 fully saturated rings. The molecule has 2 rings (SSSR count). The summed E-state index contributed by atoms with van der Waals surface area (Å²) in [5.74, 6) is 0.594. The summed E-state index contributed by atoms with van der Waals surface area (Å²) >= 11 is 0. The lowest BCUT2D eigenvalue weighted by atomic mass is 9.97. The van der Waals surface area contributed by atoms with Gasteiger partial charge in [0.05, 0.1) is 5.75 Å². The summed E-state index contributed by atoms with van der Waals surface area (Å²) in [5.41, 5.74) is 0. The van der Waals surface area contributed by atoms with Crippen LogP contribution < -0.4 is 10.0 Å². The molecule has 0 spiro atoms. The smallest absolute Gasteiger partial charge is 0.212 e. The Labute approximate surface area is 117 Å². The van der Waals surface area contributed by atoms with Crippen molar-refractivity contribution in [2.45, 2.75) is 63.8 Å². The van der Waals surface area contributed by atoms with Gasteiger partial charge in [0.2, 0.25) is 10.0 Å². The van der Waals surface area contributed by atoms with Crippen molar-refractivity contribution in [3.63, 3.8) is 0 Å². The van der Waals surface area contributed by atoms with Crippen LogP contribution >= 0.6 is 0 Å². The lowest BCUT2D eigenvalue weighted by molar-refractivity contribution is 0.395. The van der Waals surface area contributed by atoms with Crippen molar-refractivity contribution < 1.29 is 8.42 Å². The molecule has 0 aromatic rings. The van der Waals surface area contributed by atoms with Gasteiger partial charge in [-0.05, 0) is 44.7 Å². The quantitative estimate of drug-likeness (QED) is 0.832. The second-order valence-corrected chi connectivity index (χ2v) is 7.95. The van der Waals surface area contributed by atoms with Crippen LogP contribution in [0.4, 0.5) is 0 Å². The standard InChI is InChI=1S/C14H28N2O2S/c17-19(18,12-13-7-6-10-15-11-13)16-14-8-4-2-1-3-5-9-14/h13-16H,1-12H2. The minimum absolute atomic E-state index is 0.182. The molecule has 5 heteroatoms. The topological polar surface area (TPSA) is 58.2 Å². The van der Waals surface area contributed by atoms with E-state index in [1.807, 2.05) is 0 Å². The predicted octanol–water partition coefficient (Wildman–Crippen LogP) is 2.02. The maximum Gasteiger partial charge on any atom is 0.212 e. The van der Waals surface area contributed by atoms with Crippen molar-refractivity contribution in [1.29, 1.82) is 0 Å². The molecule has 2 aliphatic rings. The van der Waals surface area contributed by atoms with Gasteiger partial charge >= 0.3 is 0 Å². The van der Waals surface area contributed by atoms with Gasteiger partial charge in [0.15, 0.2) is 0 Å². The minimum atomic E-state index is -3.10. The molecule has 1 saturated heterocycles. The van der Waals surface area contributed by atoms with E-state index in [-0.39, 0.29) is 6.04 Å². The van der Waals surface area contributed by atoms with Crippen LogP contribution in [0.1, 0.15) is 57.8 Å². The van der Waals surface area contributed by atoms with Crippen LogP contribution in [0.2, 0.25) is 0 Å². The van der Waals surface area contributed by atoms with Crippen LogP contribution in [0.5, 0.6) is 0 Å². The Morgan fingerprint density at radius 2 is 1.63 bits per heavy atom. The maximum atomic E-state index is 12.2. The highest BCUT2D eigenvalue weighted by Crippen LogP contribution is 2.19. The largest absolute Gasteiger partial charge is 0.316 e. The van der Waals surface area contributed by atoms with E-state index in [1.165, 1.54) is 19.3 Å². The lowest BCUT2D eigenvalue weighted by Gasteiger charge is -2.25. The molecule has 2 N–H and O–H groups in total. The van der Waals surface area contributed by atoms with Gasteiger partial charge in [-0.25, -0.2) is 13.1 Å². The highest BCUT2D eigenvalue weighted by atomic mass is 32.2. The Balaban J connectivity index is 1.80. The summed E-state index contributed by atoms with van der Waals surface area (Å²) in [6, 6.07) is 0.182. The van der Waals surface area contributed by atoms with Gasteiger partial charge < -0.3 is 5.32 Å². The Hall–Kier alpha value is -0.130. The second kappa shape index (κ2) is 7.60. The van der Waals surface area contributed by atoms with E-state index in [9.17, 15) is 8.42 Å². The average Bonchev–Trinajstić information content (AvgIpc) is 2.33. The van der Waals surface area contributed by atoms with Crippen LogP contribution in [0.15, 0.2) is 0 Å². The van der Waals surface area contributed by atoms with E-state index >= 15 is 0 Å². The number of nitrogens with one attached hydrogen (secondary N) is 2. The fraction of sp³-hybridized carbons (Fsp3) is 1.00. The van der Waals surface area contributed by atoms with Crippen molar-refractivity contribution in [2.24, 2.45) is 5.92 Å². The van der Waals surface area contributed by atoms with Gasteiger partial charge in [0, 0.05) is 6.04 Å². The van der Waals surface area contributed by atoms with E-state index < -0.39 is 10.0 Å². The Bertz CT molecular complexity index is 342. The Morgan fingerprint density at radius 3 is 2.26 bits per heavy atom. The Morgan fingerprint density at radius 1 is 0.947 bits per heavy atom. The first-order valence-electron chi connectivity index (χ1n) is 7.86. The van der Waals surface area contributed by atoms with E-state index in [2.05, 4.69) is 10.0 Å². The molecule has 1 unspecified atom stereocenters. The fourth-order valence-corrected chi connectivity index (χ4v) is 5.00.